The molecule has 0 bridgehead atoms. The third kappa shape index (κ3) is 1.23. The second-order valence-corrected chi connectivity index (χ2v) is 2.12. The van der Waals surface area contributed by atoms with E-state index in [2.05, 4.69) is 0 Å². The van der Waals surface area contributed by atoms with Crippen LogP contribution >= 0.6 is 11.8 Å². The number of hydrogen-bond acceptors (Lipinski definition) is 3. The van der Waals surface area contributed by atoms with Crippen molar-refractivity contribution in [1.82, 2.24) is 0 Å². The van der Waals surface area contributed by atoms with Crippen LogP contribution in [-0.4, -0.2) is 11.7 Å². The van der Waals surface area contributed by atoms with E-state index < -0.39 is 0 Å². The molecular formula is C4H5NOS. The zero-order valence-electron chi connectivity index (χ0n) is 3.68. The van der Waals surface area contributed by atoms with Gasteiger partial charge in [-0.3, -0.25) is 5.41 Å². The molecule has 0 aromatic rings. The second-order valence-electron chi connectivity index (χ2n) is 1.12. The van der Waals surface area contributed by atoms with Gasteiger partial charge in [-0.15, -0.1) is 0 Å². The van der Waals surface area contributed by atoms with E-state index in [0.29, 0.717) is 11.7 Å². The summed E-state index contributed by atoms with van der Waals surface area (Å²) >= 11 is 1.40. The lowest BCUT2D eigenvalue weighted by atomic mass is 10.8. The Morgan fingerprint density at radius 3 is 3.00 bits per heavy atom. The Hall–Kier alpha value is -0.440. The minimum absolute atomic E-state index is 0.446. The molecule has 1 N–H and O–H groups in total. The van der Waals surface area contributed by atoms with E-state index in [9.17, 15) is 0 Å². The highest BCUT2D eigenvalue weighted by atomic mass is 32.2. The lowest BCUT2D eigenvalue weighted by molar-refractivity contribution is 0.303. The molecule has 1 aliphatic rings. The fourth-order valence-corrected chi connectivity index (χ4v) is 0.741. The number of hydrogen-bond donors (Lipinski definition) is 1. The van der Waals surface area contributed by atoms with Crippen molar-refractivity contribution in [3.8, 4) is 0 Å². The molecular weight excluding hydrogens is 110 g/mol. The van der Waals surface area contributed by atoms with Crippen LogP contribution in [0.3, 0.4) is 0 Å². The molecule has 0 radical (unpaired) electrons. The molecule has 3 heteroatoms. The predicted molar refractivity (Wildman–Crippen MR) is 30.4 cm³/mol. The van der Waals surface area contributed by atoms with Gasteiger partial charge < -0.3 is 4.74 Å². The summed E-state index contributed by atoms with van der Waals surface area (Å²) in [6.45, 7) is 0.446. The molecule has 0 unspecified atom stereocenters. The summed E-state index contributed by atoms with van der Waals surface area (Å²) in [6.07, 6.45) is 1.60. The molecule has 2 nitrogen and oxygen atoms in total. The van der Waals surface area contributed by atoms with Gasteiger partial charge in [-0.25, -0.2) is 0 Å². The molecule has 0 amide bonds. The van der Waals surface area contributed by atoms with Crippen molar-refractivity contribution in [2.75, 3.05) is 6.61 Å². The van der Waals surface area contributed by atoms with Gasteiger partial charge in [-0.2, -0.15) is 0 Å². The van der Waals surface area contributed by atoms with Crippen molar-refractivity contribution < 1.29 is 4.74 Å². The SMILES string of the molecule is N=C1COC=CS1. The first-order valence-electron chi connectivity index (χ1n) is 1.90. The first-order chi connectivity index (χ1) is 3.39. The maximum atomic E-state index is 6.98. The molecule has 7 heavy (non-hydrogen) atoms. The van der Waals surface area contributed by atoms with Crippen LogP contribution in [0.4, 0.5) is 0 Å². The number of ether oxygens (including phenoxy) is 1. The number of nitrogens with one attached hydrogen (secondary N) is 1. The van der Waals surface area contributed by atoms with Crippen molar-refractivity contribution in [2.45, 2.75) is 0 Å². The Kier molecular flexibility index (Phi) is 1.36. The highest BCUT2D eigenvalue weighted by Crippen LogP contribution is 2.08. The average Bonchev–Trinajstić information content (AvgIpc) is 1.69. The molecule has 1 heterocycles. The molecule has 38 valence electrons. The van der Waals surface area contributed by atoms with Crippen LogP contribution < -0.4 is 0 Å². The van der Waals surface area contributed by atoms with Gasteiger partial charge in [0, 0.05) is 5.41 Å². The zero-order chi connectivity index (χ0) is 5.11. The van der Waals surface area contributed by atoms with Crippen molar-refractivity contribution in [1.29, 1.82) is 5.41 Å². The lowest BCUT2D eigenvalue weighted by Crippen LogP contribution is -2.01. The summed E-state index contributed by atoms with van der Waals surface area (Å²) in [7, 11) is 0. The highest BCUT2D eigenvalue weighted by Gasteiger charge is 1.96. The minimum Gasteiger partial charge on any atom is -0.494 e. The van der Waals surface area contributed by atoms with Crippen LogP contribution in [0.2, 0.25) is 0 Å². The normalized spacial score (nSPS) is 19.1. The monoisotopic (exact) mass is 115 g/mol. The number of rotatable bonds is 0. The maximum Gasteiger partial charge on any atom is 0.135 e. The van der Waals surface area contributed by atoms with Crippen LogP contribution in [0.15, 0.2) is 11.7 Å². The maximum absolute atomic E-state index is 6.98. The Morgan fingerprint density at radius 2 is 2.71 bits per heavy atom. The van der Waals surface area contributed by atoms with Gasteiger partial charge in [0.1, 0.15) is 11.7 Å². The quantitative estimate of drug-likeness (QED) is 0.514. The highest BCUT2D eigenvalue weighted by molar-refractivity contribution is 8.16. The van der Waals surface area contributed by atoms with Gasteiger partial charge in [-0.1, -0.05) is 11.8 Å². The van der Waals surface area contributed by atoms with Crippen molar-refractivity contribution in [3.63, 3.8) is 0 Å². The third-order valence-corrected chi connectivity index (χ3v) is 1.23. The molecule has 0 spiro atoms. The zero-order valence-corrected chi connectivity index (χ0v) is 4.49. The van der Waals surface area contributed by atoms with Crippen molar-refractivity contribution in [3.05, 3.63) is 11.7 Å². The average molecular weight is 115 g/mol. The van der Waals surface area contributed by atoms with Crippen molar-refractivity contribution >= 4 is 16.8 Å². The molecule has 1 rings (SSSR count). The number of thioether (sulfide) groups is 1. The van der Waals surface area contributed by atoms with Gasteiger partial charge in [0.05, 0.1) is 6.26 Å². The first kappa shape index (κ1) is 4.71. The molecule has 1 aliphatic heterocycles. The Morgan fingerprint density at radius 1 is 1.86 bits per heavy atom. The molecule has 0 saturated carbocycles. The second kappa shape index (κ2) is 2.02. The van der Waals surface area contributed by atoms with Crippen molar-refractivity contribution in [2.24, 2.45) is 0 Å². The standard InChI is InChI=1S/C4H5NOS/c5-4-3-6-1-2-7-4/h1-2,5H,3H2. The van der Waals surface area contributed by atoms with Gasteiger partial charge >= 0.3 is 0 Å². The minimum atomic E-state index is 0.446. The topological polar surface area (TPSA) is 33.1 Å². The van der Waals surface area contributed by atoms with Crippen LogP contribution in [0.5, 0.6) is 0 Å². The summed E-state index contributed by atoms with van der Waals surface area (Å²) in [4.78, 5) is 0. The van der Waals surface area contributed by atoms with E-state index in [-0.39, 0.29) is 0 Å². The first-order valence-corrected chi connectivity index (χ1v) is 2.78. The van der Waals surface area contributed by atoms with Gasteiger partial charge in [0.2, 0.25) is 0 Å². The van der Waals surface area contributed by atoms with E-state index in [4.69, 9.17) is 10.1 Å². The smallest absolute Gasteiger partial charge is 0.135 e. The summed E-state index contributed by atoms with van der Waals surface area (Å²) in [5.74, 6) is 0. The molecule has 0 fully saturated rings. The Bertz CT molecular complexity index is 110. The summed E-state index contributed by atoms with van der Waals surface area (Å²) in [6, 6.07) is 0. The van der Waals surface area contributed by atoms with Crippen LogP contribution in [0.25, 0.3) is 0 Å². The Balaban J connectivity index is 2.47. The molecule has 0 aliphatic carbocycles. The van der Waals surface area contributed by atoms with E-state index in [1.165, 1.54) is 11.8 Å². The van der Waals surface area contributed by atoms with Crippen LogP contribution in [0.1, 0.15) is 0 Å². The van der Waals surface area contributed by atoms with E-state index in [1.54, 1.807) is 11.7 Å². The van der Waals surface area contributed by atoms with E-state index in [1.807, 2.05) is 0 Å². The Labute approximate surface area is 46.1 Å². The van der Waals surface area contributed by atoms with E-state index >= 15 is 0 Å². The molecule has 0 aromatic carbocycles. The molecule has 0 aromatic heterocycles. The van der Waals surface area contributed by atoms with Gasteiger partial charge in [0.15, 0.2) is 0 Å². The molecule has 0 saturated heterocycles. The summed E-state index contributed by atoms with van der Waals surface area (Å²) < 4.78 is 4.76. The van der Waals surface area contributed by atoms with Gasteiger partial charge in [0.25, 0.3) is 0 Å². The van der Waals surface area contributed by atoms with Crippen LogP contribution in [0, 0.1) is 5.41 Å². The third-order valence-electron chi connectivity index (χ3n) is 0.577. The fourth-order valence-electron chi connectivity index (χ4n) is 0.307. The fraction of sp³-hybridized carbons (Fsp3) is 0.250. The lowest BCUT2D eigenvalue weighted by Gasteiger charge is -2.03. The summed E-state index contributed by atoms with van der Waals surface area (Å²) in [5, 5.41) is 9.30. The predicted octanol–water partition coefficient (Wildman–Crippen LogP) is 1.20. The van der Waals surface area contributed by atoms with E-state index in [0.717, 1.165) is 0 Å². The largest absolute Gasteiger partial charge is 0.494 e. The van der Waals surface area contributed by atoms with Gasteiger partial charge in [-0.05, 0) is 0 Å². The van der Waals surface area contributed by atoms with Crippen LogP contribution in [-0.2, 0) is 4.74 Å². The summed E-state index contributed by atoms with van der Waals surface area (Å²) in [5.41, 5.74) is 0. The molecule has 0 atom stereocenters.